The Kier molecular flexibility index (Phi) is 8.39. The minimum Gasteiger partial charge on any atom is -0.378 e. The van der Waals surface area contributed by atoms with E-state index in [1.54, 1.807) is 4.90 Å². The molecule has 0 fully saturated rings. The van der Waals surface area contributed by atoms with Crippen molar-refractivity contribution in [1.82, 2.24) is 4.90 Å². The molecule has 0 unspecified atom stereocenters. The van der Waals surface area contributed by atoms with Crippen LogP contribution in [0.25, 0.3) is 0 Å². The molecule has 5 nitrogen and oxygen atoms in total. The number of nitrogens with zero attached hydrogens (tertiary/aromatic N) is 2. The highest BCUT2D eigenvalue weighted by Crippen LogP contribution is 2.07. The molecule has 0 bridgehead atoms. The van der Waals surface area contributed by atoms with E-state index in [1.165, 1.54) is 0 Å². The zero-order valence-corrected chi connectivity index (χ0v) is 13.3. The van der Waals surface area contributed by atoms with E-state index >= 15 is 0 Å². The molecule has 0 atom stereocenters. The summed E-state index contributed by atoms with van der Waals surface area (Å²) in [5, 5.41) is 3.85. The van der Waals surface area contributed by atoms with Gasteiger partial charge in [0.2, 0.25) is 0 Å². The molecule has 0 saturated heterocycles. The highest BCUT2D eigenvalue weighted by molar-refractivity contribution is 5.82. The molecule has 0 aliphatic heterocycles. The van der Waals surface area contributed by atoms with Crippen LogP contribution in [-0.4, -0.2) is 41.5 Å². The lowest BCUT2D eigenvalue weighted by Crippen LogP contribution is -2.41. The fourth-order valence-corrected chi connectivity index (χ4v) is 1.67. The average molecular weight is 272 g/mol. The van der Waals surface area contributed by atoms with Crippen molar-refractivity contribution in [3.05, 3.63) is 0 Å². The zero-order valence-electron chi connectivity index (χ0n) is 13.3. The van der Waals surface area contributed by atoms with Gasteiger partial charge in [-0.05, 0) is 48.5 Å². The van der Waals surface area contributed by atoms with E-state index in [4.69, 9.17) is 9.57 Å². The molecule has 5 heteroatoms. The monoisotopic (exact) mass is 272 g/mol. The van der Waals surface area contributed by atoms with Gasteiger partial charge in [-0.3, -0.25) is 4.84 Å². The molecule has 0 N–H and O–H groups in total. The van der Waals surface area contributed by atoms with Gasteiger partial charge in [-0.2, -0.15) is 0 Å². The fraction of sp³-hybridized carbons (Fsp3) is 0.857. The lowest BCUT2D eigenvalue weighted by Gasteiger charge is -2.28. The molecule has 0 spiro atoms. The molecule has 0 aliphatic carbocycles. The van der Waals surface area contributed by atoms with Crippen molar-refractivity contribution in [3.8, 4) is 0 Å². The van der Waals surface area contributed by atoms with Crippen LogP contribution in [0, 0.1) is 0 Å². The Bertz CT molecular complexity index is 291. The second kappa shape index (κ2) is 8.91. The minimum atomic E-state index is -0.408. The van der Waals surface area contributed by atoms with Gasteiger partial charge in [0, 0.05) is 18.5 Å². The van der Waals surface area contributed by atoms with Crippen LogP contribution in [0.15, 0.2) is 5.16 Å². The molecule has 0 saturated carbocycles. The number of amides is 1. The van der Waals surface area contributed by atoms with E-state index in [0.29, 0.717) is 13.0 Å². The predicted octanol–water partition coefficient (Wildman–Crippen LogP) is 3.43. The highest BCUT2D eigenvalue weighted by atomic mass is 16.7. The quantitative estimate of drug-likeness (QED) is 0.405. The molecule has 0 aliphatic rings. The van der Waals surface area contributed by atoms with E-state index in [9.17, 15) is 4.79 Å². The molecule has 0 rings (SSSR count). The summed E-state index contributed by atoms with van der Waals surface area (Å²) in [4.78, 5) is 18.5. The molecule has 19 heavy (non-hydrogen) atoms. The van der Waals surface area contributed by atoms with Crippen LogP contribution in [-0.2, 0) is 9.57 Å². The van der Waals surface area contributed by atoms with Gasteiger partial charge in [0.25, 0.3) is 0 Å². The van der Waals surface area contributed by atoms with Gasteiger partial charge in [0.05, 0.1) is 18.4 Å². The number of ether oxygens (including phenoxy) is 1. The third-order valence-electron chi connectivity index (χ3n) is 2.52. The SMILES string of the molecule is C/C(CCOC(C)C)=N\OC(=O)N(C(C)C)C(C)C. The summed E-state index contributed by atoms with van der Waals surface area (Å²) in [6.45, 7) is 14.2. The molecule has 0 radical (unpaired) electrons. The number of carbonyl (C=O) groups excluding carboxylic acids is 1. The van der Waals surface area contributed by atoms with E-state index in [-0.39, 0.29) is 18.2 Å². The third kappa shape index (κ3) is 7.82. The van der Waals surface area contributed by atoms with Crippen LogP contribution in [0.1, 0.15) is 54.9 Å². The summed E-state index contributed by atoms with van der Waals surface area (Å²) in [7, 11) is 0. The number of carbonyl (C=O) groups is 1. The van der Waals surface area contributed by atoms with E-state index in [1.807, 2.05) is 48.5 Å². The first-order valence-electron chi connectivity index (χ1n) is 6.90. The summed E-state index contributed by atoms with van der Waals surface area (Å²) >= 11 is 0. The maximum absolute atomic E-state index is 11.9. The number of hydrogen-bond donors (Lipinski definition) is 0. The second-order valence-corrected chi connectivity index (χ2v) is 5.45. The van der Waals surface area contributed by atoms with Crippen LogP contribution < -0.4 is 0 Å². The van der Waals surface area contributed by atoms with Gasteiger partial charge < -0.3 is 9.64 Å². The standard InChI is InChI=1S/C14H28N2O3/c1-10(2)16(11(3)4)14(17)19-15-13(7)8-9-18-12(5)6/h10-12H,8-9H2,1-7H3/b15-13+. The smallest absolute Gasteiger partial charge is 0.378 e. The topological polar surface area (TPSA) is 51.1 Å². The van der Waals surface area contributed by atoms with Crippen molar-refractivity contribution in [3.63, 3.8) is 0 Å². The fourth-order valence-electron chi connectivity index (χ4n) is 1.67. The Morgan fingerprint density at radius 3 is 2.05 bits per heavy atom. The van der Waals surface area contributed by atoms with Crippen molar-refractivity contribution in [2.75, 3.05) is 6.61 Å². The van der Waals surface area contributed by atoms with Crippen LogP contribution in [0.2, 0.25) is 0 Å². The summed E-state index contributed by atoms with van der Waals surface area (Å²) in [5.41, 5.74) is 0.751. The molecule has 0 heterocycles. The number of oxime groups is 1. The summed E-state index contributed by atoms with van der Waals surface area (Å²) in [6, 6.07) is 0.180. The number of hydrogen-bond acceptors (Lipinski definition) is 4. The first-order valence-corrected chi connectivity index (χ1v) is 6.90. The summed E-state index contributed by atoms with van der Waals surface area (Å²) < 4.78 is 5.41. The second-order valence-electron chi connectivity index (χ2n) is 5.45. The first-order chi connectivity index (χ1) is 8.75. The van der Waals surface area contributed by atoms with E-state index in [0.717, 1.165) is 5.71 Å². The van der Waals surface area contributed by atoms with Crippen LogP contribution in [0.5, 0.6) is 0 Å². The molecule has 0 aromatic carbocycles. The lowest BCUT2D eigenvalue weighted by atomic mass is 10.2. The largest absolute Gasteiger partial charge is 0.436 e. The lowest BCUT2D eigenvalue weighted by molar-refractivity contribution is 0.0770. The van der Waals surface area contributed by atoms with Crippen LogP contribution >= 0.6 is 0 Å². The van der Waals surface area contributed by atoms with Crippen molar-refractivity contribution >= 4 is 11.8 Å². The predicted molar refractivity (Wildman–Crippen MR) is 77.4 cm³/mol. The van der Waals surface area contributed by atoms with Crippen LogP contribution in [0.3, 0.4) is 0 Å². The zero-order chi connectivity index (χ0) is 15.0. The van der Waals surface area contributed by atoms with Gasteiger partial charge in [0.15, 0.2) is 0 Å². The highest BCUT2D eigenvalue weighted by Gasteiger charge is 2.21. The van der Waals surface area contributed by atoms with Gasteiger partial charge >= 0.3 is 6.09 Å². The van der Waals surface area contributed by atoms with Crippen LogP contribution in [0.4, 0.5) is 4.79 Å². The molecule has 0 aromatic rings. The van der Waals surface area contributed by atoms with E-state index < -0.39 is 6.09 Å². The molecule has 112 valence electrons. The van der Waals surface area contributed by atoms with Crippen molar-refractivity contribution < 1.29 is 14.4 Å². The summed E-state index contributed by atoms with van der Waals surface area (Å²) in [6.07, 6.45) is 0.455. The van der Waals surface area contributed by atoms with Crippen molar-refractivity contribution in [2.45, 2.75) is 73.1 Å². The molecular weight excluding hydrogens is 244 g/mol. The average Bonchev–Trinajstić information content (AvgIpc) is 2.24. The van der Waals surface area contributed by atoms with Gasteiger partial charge in [-0.15, -0.1) is 0 Å². The van der Waals surface area contributed by atoms with Crippen molar-refractivity contribution in [1.29, 1.82) is 0 Å². The Labute approximate surface area is 116 Å². The Morgan fingerprint density at radius 1 is 1.11 bits per heavy atom. The van der Waals surface area contributed by atoms with Gasteiger partial charge in [0.1, 0.15) is 0 Å². The Balaban J connectivity index is 4.24. The first kappa shape index (κ1) is 17.9. The maximum atomic E-state index is 11.9. The van der Waals surface area contributed by atoms with Gasteiger partial charge in [-0.1, -0.05) is 5.16 Å². The molecule has 0 aromatic heterocycles. The maximum Gasteiger partial charge on any atom is 0.436 e. The van der Waals surface area contributed by atoms with E-state index in [2.05, 4.69) is 5.16 Å². The number of rotatable bonds is 7. The third-order valence-corrected chi connectivity index (χ3v) is 2.52. The minimum absolute atomic E-state index is 0.0901. The molecular formula is C14H28N2O3. The summed E-state index contributed by atoms with van der Waals surface area (Å²) in [5.74, 6) is 0. The van der Waals surface area contributed by atoms with Crippen molar-refractivity contribution in [2.24, 2.45) is 5.16 Å². The Morgan fingerprint density at radius 2 is 1.63 bits per heavy atom. The normalized spacial score (nSPS) is 12.4. The Hall–Kier alpha value is -1.10. The van der Waals surface area contributed by atoms with Gasteiger partial charge in [-0.25, -0.2) is 4.79 Å². The molecule has 1 amide bonds.